The van der Waals surface area contributed by atoms with E-state index in [4.69, 9.17) is 0 Å². The maximum Gasteiger partial charge on any atom is 0.0893 e. The lowest BCUT2D eigenvalue weighted by Gasteiger charge is -2.25. The molecule has 1 aromatic rings. The van der Waals surface area contributed by atoms with Crippen LogP contribution in [-0.2, 0) is 6.54 Å². The zero-order valence-electron chi connectivity index (χ0n) is 8.66. The second-order valence-electron chi connectivity index (χ2n) is 3.43. The fourth-order valence-electron chi connectivity index (χ4n) is 1.18. The summed E-state index contributed by atoms with van der Waals surface area (Å²) >= 11 is 1.35. The minimum absolute atomic E-state index is 0.580. The first-order valence-corrected chi connectivity index (χ1v) is 5.73. The molecule has 0 fully saturated rings. The first-order chi connectivity index (χ1) is 6.70. The third-order valence-electron chi connectivity index (χ3n) is 2.48. The van der Waals surface area contributed by atoms with E-state index in [1.807, 2.05) is 19.2 Å². The Balaban J connectivity index is 2.27. The SMILES string of the molecule is CCC(O)(CC)CNCc1csnn1. The highest BCUT2D eigenvalue weighted by Gasteiger charge is 2.21. The van der Waals surface area contributed by atoms with Gasteiger partial charge in [-0.2, -0.15) is 0 Å². The van der Waals surface area contributed by atoms with Crippen molar-refractivity contribution in [2.24, 2.45) is 0 Å². The first kappa shape index (κ1) is 11.6. The van der Waals surface area contributed by atoms with Gasteiger partial charge in [0.15, 0.2) is 0 Å². The van der Waals surface area contributed by atoms with Crippen molar-refractivity contribution >= 4 is 11.5 Å². The molecule has 0 radical (unpaired) electrons. The number of hydrogen-bond acceptors (Lipinski definition) is 5. The highest BCUT2D eigenvalue weighted by molar-refractivity contribution is 7.03. The highest BCUT2D eigenvalue weighted by Crippen LogP contribution is 2.12. The van der Waals surface area contributed by atoms with Gasteiger partial charge >= 0.3 is 0 Å². The molecule has 0 spiro atoms. The molecular weight excluding hydrogens is 198 g/mol. The van der Waals surface area contributed by atoms with Gasteiger partial charge < -0.3 is 10.4 Å². The fraction of sp³-hybridized carbons (Fsp3) is 0.778. The topological polar surface area (TPSA) is 58.0 Å². The van der Waals surface area contributed by atoms with E-state index in [9.17, 15) is 5.11 Å². The zero-order valence-corrected chi connectivity index (χ0v) is 9.47. The Hall–Kier alpha value is -0.520. The van der Waals surface area contributed by atoms with Crippen molar-refractivity contribution in [3.05, 3.63) is 11.1 Å². The summed E-state index contributed by atoms with van der Waals surface area (Å²) in [6, 6.07) is 0. The van der Waals surface area contributed by atoms with Crippen molar-refractivity contribution < 1.29 is 5.11 Å². The minimum atomic E-state index is -0.580. The van der Waals surface area contributed by atoms with Gasteiger partial charge in [0.25, 0.3) is 0 Å². The highest BCUT2D eigenvalue weighted by atomic mass is 32.1. The second-order valence-corrected chi connectivity index (χ2v) is 4.04. The van der Waals surface area contributed by atoms with E-state index in [0.717, 1.165) is 18.5 Å². The number of aliphatic hydroxyl groups is 1. The van der Waals surface area contributed by atoms with Gasteiger partial charge in [-0.05, 0) is 24.4 Å². The van der Waals surface area contributed by atoms with Gasteiger partial charge in [0.1, 0.15) is 0 Å². The van der Waals surface area contributed by atoms with E-state index < -0.39 is 5.60 Å². The molecule has 1 rings (SSSR count). The Morgan fingerprint density at radius 1 is 1.50 bits per heavy atom. The van der Waals surface area contributed by atoms with Gasteiger partial charge in [0, 0.05) is 18.5 Å². The third-order valence-corrected chi connectivity index (χ3v) is 3.03. The largest absolute Gasteiger partial charge is 0.389 e. The van der Waals surface area contributed by atoms with Crippen LogP contribution in [0.1, 0.15) is 32.4 Å². The fourth-order valence-corrected chi connectivity index (χ4v) is 1.64. The van der Waals surface area contributed by atoms with Gasteiger partial charge in [0.05, 0.1) is 11.3 Å². The molecule has 0 aliphatic rings. The van der Waals surface area contributed by atoms with Crippen LogP contribution >= 0.6 is 11.5 Å². The summed E-state index contributed by atoms with van der Waals surface area (Å²) in [5, 5.41) is 19.0. The Bertz CT molecular complexity index is 247. The number of nitrogens with one attached hydrogen (secondary N) is 1. The van der Waals surface area contributed by atoms with Gasteiger partial charge in [-0.25, -0.2) is 0 Å². The van der Waals surface area contributed by atoms with E-state index in [2.05, 4.69) is 14.9 Å². The van der Waals surface area contributed by atoms with E-state index in [-0.39, 0.29) is 0 Å². The zero-order chi connectivity index (χ0) is 10.4. The Morgan fingerprint density at radius 2 is 2.21 bits per heavy atom. The molecule has 0 amide bonds. The van der Waals surface area contributed by atoms with Crippen LogP contribution in [0.4, 0.5) is 0 Å². The molecule has 80 valence electrons. The molecular formula is C9H17N3OS. The summed E-state index contributed by atoms with van der Waals surface area (Å²) < 4.78 is 3.77. The Morgan fingerprint density at radius 3 is 2.71 bits per heavy atom. The van der Waals surface area contributed by atoms with Crippen molar-refractivity contribution in [1.29, 1.82) is 0 Å². The summed E-state index contributed by atoms with van der Waals surface area (Å²) in [5.41, 5.74) is 0.355. The average Bonchev–Trinajstić information content (AvgIpc) is 2.70. The molecule has 5 heteroatoms. The molecule has 0 aliphatic heterocycles. The first-order valence-electron chi connectivity index (χ1n) is 4.89. The van der Waals surface area contributed by atoms with E-state index >= 15 is 0 Å². The van der Waals surface area contributed by atoms with Crippen LogP contribution in [0.15, 0.2) is 5.38 Å². The summed E-state index contributed by atoms with van der Waals surface area (Å²) in [6.45, 7) is 5.28. The maximum atomic E-state index is 9.96. The van der Waals surface area contributed by atoms with Gasteiger partial charge in [-0.1, -0.05) is 18.3 Å². The normalized spacial score (nSPS) is 11.9. The lowest BCUT2D eigenvalue weighted by atomic mass is 9.98. The van der Waals surface area contributed by atoms with Crippen molar-refractivity contribution in [2.45, 2.75) is 38.8 Å². The minimum Gasteiger partial charge on any atom is -0.389 e. The summed E-state index contributed by atoms with van der Waals surface area (Å²) in [4.78, 5) is 0. The van der Waals surface area contributed by atoms with E-state index in [0.29, 0.717) is 13.1 Å². The quantitative estimate of drug-likeness (QED) is 0.748. The molecule has 1 heterocycles. The molecule has 0 aliphatic carbocycles. The van der Waals surface area contributed by atoms with Crippen LogP contribution in [0.5, 0.6) is 0 Å². The Labute approximate surface area is 88.5 Å². The monoisotopic (exact) mass is 215 g/mol. The smallest absolute Gasteiger partial charge is 0.0893 e. The number of hydrogen-bond donors (Lipinski definition) is 2. The average molecular weight is 215 g/mol. The van der Waals surface area contributed by atoms with Gasteiger partial charge in [-0.3, -0.25) is 0 Å². The summed E-state index contributed by atoms with van der Waals surface area (Å²) in [5.74, 6) is 0. The number of nitrogens with zero attached hydrogens (tertiary/aromatic N) is 2. The molecule has 0 aromatic carbocycles. The molecule has 0 unspecified atom stereocenters. The molecule has 4 nitrogen and oxygen atoms in total. The standard InChI is InChI=1S/C9H17N3OS/c1-3-9(13,4-2)7-10-5-8-6-14-12-11-8/h6,10,13H,3-5,7H2,1-2H3. The van der Waals surface area contributed by atoms with Crippen LogP contribution in [0.3, 0.4) is 0 Å². The van der Waals surface area contributed by atoms with Gasteiger partial charge in [-0.15, -0.1) is 5.10 Å². The van der Waals surface area contributed by atoms with Crippen LogP contribution in [0.2, 0.25) is 0 Å². The molecule has 1 aromatic heterocycles. The molecule has 0 saturated heterocycles. The third kappa shape index (κ3) is 3.32. The second kappa shape index (κ2) is 5.38. The number of rotatable bonds is 6. The van der Waals surface area contributed by atoms with E-state index in [1.54, 1.807) is 0 Å². The van der Waals surface area contributed by atoms with Crippen LogP contribution in [0.25, 0.3) is 0 Å². The predicted molar refractivity (Wildman–Crippen MR) is 57.1 cm³/mol. The van der Waals surface area contributed by atoms with Crippen molar-refractivity contribution in [3.63, 3.8) is 0 Å². The summed E-state index contributed by atoms with van der Waals surface area (Å²) in [7, 11) is 0. The van der Waals surface area contributed by atoms with Crippen molar-refractivity contribution in [1.82, 2.24) is 14.9 Å². The summed E-state index contributed by atoms with van der Waals surface area (Å²) in [6.07, 6.45) is 1.54. The molecule has 14 heavy (non-hydrogen) atoms. The molecule has 0 bridgehead atoms. The Kier molecular flexibility index (Phi) is 4.44. The molecule has 0 saturated carbocycles. The lowest BCUT2D eigenvalue weighted by Crippen LogP contribution is -2.39. The molecule has 2 N–H and O–H groups in total. The molecule has 0 atom stereocenters. The van der Waals surface area contributed by atoms with Crippen LogP contribution < -0.4 is 5.32 Å². The van der Waals surface area contributed by atoms with Crippen molar-refractivity contribution in [3.8, 4) is 0 Å². The maximum absolute atomic E-state index is 9.96. The van der Waals surface area contributed by atoms with Crippen molar-refractivity contribution in [2.75, 3.05) is 6.54 Å². The van der Waals surface area contributed by atoms with Gasteiger partial charge in [0.2, 0.25) is 0 Å². The van der Waals surface area contributed by atoms with Crippen LogP contribution in [-0.4, -0.2) is 26.8 Å². The predicted octanol–water partition coefficient (Wildman–Crippen LogP) is 1.18. The lowest BCUT2D eigenvalue weighted by molar-refractivity contribution is 0.0322. The number of aromatic nitrogens is 2. The van der Waals surface area contributed by atoms with E-state index in [1.165, 1.54) is 11.5 Å². The van der Waals surface area contributed by atoms with Crippen LogP contribution in [0, 0.1) is 0 Å².